The molecule has 0 radical (unpaired) electrons. The second-order valence-corrected chi connectivity index (χ2v) is 2.87. The molecule has 2 nitrogen and oxygen atoms in total. The average molecular weight is 183 g/mol. The van der Waals surface area contributed by atoms with Crippen molar-refractivity contribution in [2.75, 3.05) is 0 Å². The van der Waals surface area contributed by atoms with E-state index in [2.05, 4.69) is 10.2 Å². The maximum atomic E-state index is 4.10. The maximum Gasteiger partial charge on any atom is 1.00 e. The van der Waals surface area contributed by atoms with Crippen LogP contribution >= 0.6 is 0 Å². The van der Waals surface area contributed by atoms with Gasteiger partial charge >= 0.3 is 1.43 Å². The summed E-state index contributed by atoms with van der Waals surface area (Å²) in [5.41, 5.74) is 1.74. The molecule has 0 aromatic heterocycles. The summed E-state index contributed by atoms with van der Waals surface area (Å²) in [7, 11) is 0. The van der Waals surface area contributed by atoms with Crippen LogP contribution in [0.5, 0.6) is 0 Å². The van der Waals surface area contributed by atoms with Crippen LogP contribution in [0.15, 0.2) is 70.9 Å². The van der Waals surface area contributed by atoms with Gasteiger partial charge in [0.05, 0.1) is 11.4 Å². The average Bonchev–Trinajstić information content (AvgIpc) is 2.29. The molecule has 2 heteroatoms. The van der Waals surface area contributed by atoms with Crippen LogP contribution in [0.2, 0.25) is 0 Å². The molecule has 0 amide bonds. The third-order valence-corrected chi connectivity index (χ3v) is 1.79. The van der Waals surface area contributed by atoms with E-state index in [0.717, 1.165) is 11.4 Å². The summed E-state index contributed by atoms with van der Waals surface area (Å²) in [4.78, 5) is 0. The molecule has 0 bridgehead atoms. The highest BCUT2D eigenvalue weighted by Gasteiger charge is 1.86. The van der Waals surface area contributed by atoms with E-state index in [-0.39, 0.29) is 1.43 Å². The number of hydrogen-bond donors (Lipinski definition) is 0. The Balaban J connectivity index is 0.00000112. The van der Waals surface area contributed by atoms with Crippen molar-refractivity contribution in [2.45, 2.75) is 0 Å². The van der Waals surface area contributed by atoms with Gasteiger partial charge in [0.2, 0.25) is 0 Å². The van der Waals surface area contributed by atoms with Crippen molar-refractivity contribution in [3.63, 3.8) is 0 Å². The van der Waals surface area contributed by atoms with Crippen molar-refractivity contribution >= 4 is 11.4 Å². The molecule has 0 heterocycles. The van der Waals surface area contributed by atoms with E-state index < -0.39 is 0 Å². The van der Waals surface area contributed by atoms with Crippen molar-refractivity contribution in [3.8, 4) is 0 Å². The topological polar surface area (TPSA) is 24.7 Å². The molecule has 0 spiro atoms. The predicted octanol–water partition coefficient (Wildman–Crippen LogP) is 4.21. The van der Waals surface area contributed by atoms with Crippen molar-refractivity contribution in [2.24, 2.45) is 10.2 Å². The van der Waals surface area contributed by atoms with E-state index in [1.807, 2.05) is 60.7 Å². The number of hydrogen-bond acceptors (Lipinski definition) is 2. The fourth-order valence-electron chi connectivity index (χ4n) is 1.10. The van der Waals surface area contributed by atoms with Gasteiger partial charge in [0.15, 0.2) is 0 Å². The lowest BCUT2D eigenvalue weighted by molar-refractivity contribution is 1.23. The summed E-state index contributed by atoms with van der Waals surface area (Å²) < 4.78 is 0. The van der Waals surface area contributed by atoms with Gasteiger partial charge in [-0.1, -0.05) is 36.4 Å². The third kappa shape index (κ3) is 2.26. The molecule has 0 N–H and O–H groups in total. The first-order valence-electron chi connectivity index (χ1n) is 4.47. The summed E-state index contributed by atoms with van der Waals surface area (Å²) in [6.45, 7) is 0. The van der Waals surface area contributed by atoms with Gasteiger partial charge in [0.1, 0.15) is 0 Å². The minimum atomic E-state index is 0. The smallest absolute Gasteiger partial charge is 0.151 e. The van der Waals surface area contributed by atoms with Gasteiger partial charge in [0, 0.05) is 0 Å². The molecule has 0 saturated heterocycles. The Morgan fingerprint density at radius 2 is 0.929 bits per heavy atom. The number of rotatable bonds is 2. The van der Waals surface area contributed by atoms with Gasteiger partial charge in [0.25, 0.3) is 0 Å². The summed E-state index contributed by atoms with van der Waals surface area (Å²) >= 11 is 0. The SMILES string of the molecule is [H+].c1ccc(/N=N/c2ccccc2)cc1. The van der Waals surface area contributed by atoms with Gasteiger partial charge in [-0.25, -0.2) is 0 Å². The summed E-state index contributed by atoms with van der Waals surface area (Å²) in [5, 5.41) is 8.20. The highest BCUT2D eigenvalue weighted by molar-refractivity contribution is 5.39. The third-order valence-electron chi connectivity index (χ3n) is 1.79. The highest BCUT2D eigenvalue weighted by atomic mass is 15.1. The highest BCUT2D eigenvalue weighted by Crippen LogP contribution is 2.16. The largest absolute Gasteiger partial charge is 1.00 e. The zero-order valence-corrected chi connectivity index (χ0v) is 7.67. The molecule has 0 saturated carbocycles. The molecule has 2 aromatic rings. The molecular formula is C12H11N2+. The van der Waals surface area contributed by atoms with Crippen LogP contribution in [0.25, 0.3) is 0 Å². The first kappa shape index (κ1) is 8.63. The second kappa shape index (κ2) is 4.33. The van der Waals surface area contributed by atoms with Gasteiger partial charge in [-0.05, 0) is 24.3 Å². The molecule has 2 aromatic carbocycles. The van der Waals surface area contributed by atoms with Crippen LogP contribution < -0.4 is 0 Å². The molecule has 14 heavy (non-hydrogen) atoms. The van der Waals surface area contributed by atoms with Crippen LogP contribution in [-0.2, 0) is 0 Å². The van der Waals surface area contributed by atoms with Crippen molar-refractivity contribution in [1.29, 1.82) is 0 Å². The Bertz CT molecular complexity index is 371. The molecule has 0 fully saturated rings. The number of azo groups is 1. The summed E-state index contributed by atoms with van der Waals surface area (Å²) in [6.07, 6.45) is 0. The van der Waals surface area contributed by atoms with Crippen LogP contribution in [0.3, 0.4) is 0 Å². The molecule has 0 aliphatic heterocycles. The van der Waals surface area contributed by atoms with E-state index >= 15 is 0 Å². The van der Waals surface area contributed by atoms with Gasteiger partial charge in [-0.15, -0.1) is 0 Å². The van der Waals surface area contributed by atoms with E-state index in [0.29, 0.717) is 0 Å². The Labute approximate surface area is 84.4 Å². The Morgan fingerprint density at radius 1 is 0.571 bits per heavy atom. The van der Waals surface area contributed by atoms with Crippen molar-refractivity contribution in [1.82, 2.24) is 0 Å². The zero-order valence-electron chi connectivity index (χ0n) is 8.67. The van der Waals surface area contributed by atoms with Gasteiger partial charge < -0.3 is 0 Å². The normalized spacial score (nSPS) is 10.6. The van der Waals surface area contributed by atoms with E-state index in [1.165, 1.54) is 0 Å². The lowest BCUT2D eigenvalue weighted by atomic mass is 10.3. The van der Waals surface area contributed by atoms with E-state index in [9.17, 15) is 0 Å². The minimum Gasteiger partial charge on any atom is -0.151 e. The Hall–Kier alpha value is -1.96. The van der Waals surface area contributed by atoms with Crippen LogP contribution in [-0.4, -0.2) is 0 Å². The molecule has 0 aliphatic rings. The van der Waals surface area contributed by atoms with Crippen LogP contribution in [0, 0.1) is 0 Å². The summed E-state index contributed by atoms with van der Waals surface area (Å²) in [6, 6.07) is 19.4. The molecule has 0 aliphatic carbocycles. The Kier molecular flexibility index (Phi) is 2.67. The maximum absolute atomic E-state index is 4.10. The fourth-order valence-corrected chi connectivity index (χ4v) is 1.10. The first-order chi connectivity index (χ1) is 6.95. The first-order valence-corrected chi connectivity index (χ1v) is 4.47. The van der Waals surface area contributed by atoms with E-state index in [4.69, 9.17) is 0 Å². The van der Waals surface area contributed by atoms with Crippen LogP contribution in [0.1, 0.15) is 1.43 Å². The minimum absolute atomic E-state index is 0. The molecule has 2 rings (SSSR count). The molecule has 0 unspecified atom stereocenters. The van der Waals surface area contributed by atoms with Gasteiger partial charge in [-0.3, -0.25) is 0 Å². The second-order valence-electron chi connectivity index (χ2n) is 2.87. The Morgan fingerprint density at radius 3 is 1.29 bits per heavy atom. The number of benzene rings is 2. The zero-order chi connectivity index (χ0) is 9.64. The monoisotopic (exact) mass is 183 g/mol. The molecular weight excluding hydrogens is 172 g/mol. The summed E-state index contributed by atoms with van der Waals surface area (Å²) in [5.74, 6) is 0. The fraction of sp³-hybridized carbons (Fsp3) is 0. The van der Waals surface area contributed by atoms with Crippen LogP contribution in [0.4, 0.5) is 11.4 Å². The van der Waals surface area contributed by atoms with Gasteiger partial charge in [-0.2, -0.15) is 10.2 Å². The lowest BCUT2D eigenvalue weighted by Crippen LogP contribution is -1.62. The predicted molar refractivity (Wildman–Crippen MR) is 58.2 cm³/mol. The number of nitrogens with zero attached hydrogens (tertiary/aromatic N) is 2. The lowest BCUT2D eigenvalue weighted by Gasteiger charge is -1.91. The standard InChI is InChI=1S/C12H10N2/c1-3-7-11(8-4-1)13-14-12-9-5-2-6-10-12/h1-10H/p+1/b14-13+. The van der Waals surface area contributed by atoms with Crippen molar-refractivity contribution in [3.05, 3.63) is 60.7 Å². The van der Waals surface area contributed by atoms with Crippen molar-refractivity contribution < 1.29 is 1.43 Å². The van der Waals surface area contributed by atoms with E-state index in [1.54, 1.807) is 0 Å². The molecule has 0 atom stereocenters. The molecule has 68 valence electrons. The quantitative estimate of drug-likeness (QED) is 0.623.